The molecule has 180 valence electrons. The smallest absolute Gasteiger partial charge is 0.305 e. The predicted octanol–water partition coefficient (Wildman–Crippen LogP) is 2.28. The lowest BCUT2D eigenvalue weighted by Gasteiger charge is -2.14. The van der Waals surface area contributed by atoms with Gasteiger partial charge in [-0.25, -0.2) is 8.42 Å². The minimum absolute atomic E-state index is 0.0876. The van der Waals surface area contributed by atoms with Crippen molar-refractivity contribution in [3.63, 3.8) is 0 Å². The van der Waals surface area contributed by atoms with E-state index in [1.165, 1.54) is 45.6 Å². The zero-order valence-corrected chi connectivity index (χ0v) is 19.6. The number of methoxy groups -OCH3 is 3. The molecule has 0 atom stereocenters. The number of carbonyl (C=O) groups excluding carboxylic acids is 2. The van der Waals surface area contributed by atoms with Crippen molar-refractivity contribution in [3.05, 3.63) is 71.7 Å². The number of ether oxygens (including phenoxy) is 3. The van der Waals surface area contributed by atoms with Crippen LogP contribution in [0.3, 0.4) is 0 Å². The van der Waals surface area contributed by atoms with Crippen LogP contribution in [0.15, 0.2) is 63.9 Å². The fourth-order valence-corrected chi connectivity index (χ4v) is 4.40. The topological polar surface area (TPSA) is 133 Å². The van der Waals surface area contributed by atoms with Gasteiger partial charge in [0.1, 0.15) is 11.5 Å². The molecule has 0 aliphatic heterocycles. The molecule has 0 unspecified atom stereocenters. The van der Waals surface area contributed by atoms with Crippen molar-refractivity contribution < 1.29 is 36.6 Å². The Bertz CT molecular complexity index is 1240. The molecule has 2 N–H and O–H groups in total. The van der Waals surface area contributed by atoms with E-state index in [2.05, 4.69) is 10.9 Å². The first-order chi connectivity index (χ1) is 16.3. The molecule has 3 aromatic rings. The molecule has 11 heteroatoms. The standard InChI is InChI=1S/C23H24N2O8S/c1-30-19-11-15(12-20(31-2)22(19)32-3)13-21(26)24-25-23(27)18-10-9-16(33-18)14-34(28,29)17-7-5-4-6-8-17/h4-12H,13-14H2,1-3H3,(H,24,26)(H,25,27). The molecular formula is C23H24N2O8S. The molecule has 10 nitrogen and oxygen atoms in total. The number of hydrogen-bond donors (Lipinski definition) is 2. The highest BCUT2D eigenvalue weighted by molar-refractivity contribution is 7.90. The van der Waals surface area contributed by atoms with Gasteiger partial charge in [-0.15, -0.1) is 0 Å². The summed E-state index contributed by atoms with van der Waals surface area (Å²) in [6.07, 6.45) is -0.0876. The highest BCUT2D eigenvalue weighted by Gasteiger charge is 2.20. The fraction of sp³-hybridized carbons (Fsp3) is 0.217. The van der Waals surface area contributed by atoms with Gasteiger partial charge in [0.05, 0.1) is 32.6 Å². The Labute approximate surface area is 196 Å². The van der Waals surface area contributed by atoms with Crippen LogP contribution in [0.1, 0.15) is 21.9 Å². The third kappa shape index (κ3) is 5.87. The molecule has 0 spiro atoms. The van der Waals surface area contributed by atoms with E-state index in [0.29, 0.717) is 22.8 Å². The predicted molar refractivity (Wildman–Crippen MR) is 121 cm³/mol. The van der Waals surface area contributed by atoms with Crippen molar-refractivity contribution in [2.45, 2.75) is 17.1 Å². The second kappa shape index (κ2) is 10.8. The maximum absolute atomic E-state index is 12.5. The zero-order chi connectivity index (χ0) is 24.7. The molecular weight excluding hydrogens is 464 g/mol. The first-order valence-electron chi connectivity index (χ1n) is 10.0. The summed E-state index contributed by atoms with van der Waals surface area (Å²) in [5.41, 5.74) is 5.09. The summed E-state index contributed by atoms with van der Waals surface area (Å²) in [5.74, 6) is -0.528. The van der Waals surface area contributed by atoms with Crippen LogP contribution < -0.4 is 25.1 Å². The lowest BCUT2D eigenvalue weighted by molar-refractivity contribution is -0.121. The lowest BCUT2D eigenvalue weighted by Crippen LogP contribution is -2.42. The van der Waals surface area contributed by atoms with Crippen LogP contribution in [0, 0.1) is 0 Å². The molecule has 3 rings (SSSR count). The largest absolute Gasteiger partial charge is 0.493 e. The van der Waals surface area contributed by atoms with Crippen molar-refractivity contribution in [3.8, 4) is 17.2 Å². The van der Waals surface area contributed by atoms with Gasteiger partial charge in [-0.05, 0) is 42.0 Å². The lowest BCUT2D eigenvalue weighted by atomic mass is 10.1. The Hall–Kier alpha value is -3.99. The molecule has 2 aromatic carbocycles. The fourth-order valence-electron chi connectivity index (χ4n) is 3.13. The molecule has 0 aliphatic rings. The number of furan rings is 1. The summed E-state index contributed by atoms with van der Waals surface area (Å²) >= 11 is 0. The number of amides is 2. The maximum atomic E-state index is 12.5. The minimum Gasteiger partial charge on any atom is -0.493 e. The Kier molecular flexibility index (Phi) is 7.79. The normalized spacial score (nSPS) is 10.9. The number of sulfone groups is 1. The molecule has 0 radical (unpaired) electrons. The van der Waals surface area contributed by atoms with Crippen LogP contribution in [-0.4, -0.2) is 41.6 Å². The van der Waals surface area contributed by atoms with Crippen LogP contribution in [0.25, 0.3) is 0 Å². The van der Waals surface area contributed by atoms with Gasteiger partial charge < -0.3 is 18.6 Å². The SMILES string of the molecule is COc1cc(CC(=O)NNC(=O)c2ccc(CS(=O)(=O)c3ccccc3)o2)cc(OC)c1OC. The number of hydrogen-bond acceptors (Lipinski definition) is 8. The van der Waals surface area contributed by atoms with Gasteiger partial charge >= 0.3 is 5.91 Å². The number of rotatable bonds is 9. The number of benzene rings is 2. The van der Waals surface area contributed by atoms with Gasteiger partial charge in [0.15, 0.2) is 27.1 Å². The summed E-state index contributed by atoms with van der Waals surface area (Å²) in [5, 5.41) is 0. The van der Waals surface area contributed by atoms with Gasteiger partial charge in [0, 0.05) is 0 Å². The summed E-state index contributed by atoms with van der Waals surface area (Å²) in [6.45, 7) is 0. The second-order valence-electron chi connectivity index (χ2n) is 7.05. The molecule has 1 heterocycles. The van der Waals surface area contributed by atoms with E-state index in [1.54, 1.807) is 30.3 Å². The third-order valence-electron chi connectivity index (χ3n) is 4.72. The van der Waals surface area contributed by atoms with Gasteiger partial charge in [0.2, 0.25) is 11.7 Å². The molecule has 1 aromatic heterocycles. The van der Waals surface area contributed by atoms with Gasteiger partial charge in [0.25, 0.3) is 0 Å². The van der Waals surface area contributed by atoms with Crippen molar-refractivity contribution in [2.75, 3.05) is 21.3 Å². The van der Waals surface area contributed by atoms with Crippen LogP contribution in [0.2, 0.25) is 0 Å². The summed E-state index contributed by atoms with van der Waals surface area (Å²) in [7, 11) is 0.769. The van der Waals surface area contributed by atoms with E-state index in [-0.39, 0.29) is 22.8 Å². The summed E-state index contributed by atoms with van der Waals surface area (Å²) in [4.78, 5) is 24.8. The number of hydrazine groups is 1. The average Bonchev–Trinajstić information content (AvgIpc) is 3.30. The van der Waals surface area contributed by atoms with Gasteiger partial charge in [-0.3, -0.25) is 20.4 Å². The number of carbonyl (C=O) groups is 2. The van der Waals surface area contributed by atoms with Crippen molar-refractivity contribution in [2.24, 2.45) is 0 Å². The molecule has 0 saturated heterocycles. The van der Waals surface area contributed by atoms with Crippen LogP contribution in [-0.2, 0) is 26.8 Å². The van der Waals surface area contributed by atoms with Crippen LogP contribution >= 0.6 is 0 Å². The summed E-state index contributed by atoms with van der Waals surface area (Å²) in [6, 6.07) is 13.9. The van der Waals surface area contributed by atoms with Crippen molar-refractivity contribution in [1.29, 1.82) is 0 Å². The maximum Gasteiger partial charge on any atom is 0.305 e. The molecule has 34 heavy (non-hydrogen) atoms. The van der Waals surface area contributed by atoms with Crippen molar-refractivity contribution >= 4 is 21.7 Å². The highest BCUT2D eigenvalue weighted by atomic mass is 32.2. The van der Waals surface area contributed by atoms with E-state index in [4.69, 9.17) is 18.6 Å². The Morgan fingerprint density at radius 3 is 2.12 bits per heavy atom. The van der Waals surface area contributed by atoms with E-state index in [9.17, 15) is 18.0 Å². The first-order valence-corrected chi connectivity index (χ1v) is 11.7. The minimum atomic E-state index is -3.63. The highest BCUT2D eigenvalue weighted by Crippen LogP contribution is 2.38. The Morgan fingerprint density at radius 2 is 1.53 bits per heavy atom. The van der Waals surface area contributed by atoms with Gasteiger partial charge in [-0.1, -0.05) is 18.2 Å². The third-order valence-corrected chi connectivity index (χ3v) is 6.38. The molecule has 0 fully saturated rings. The van der Waals surface area contributed by atoms with E-state index < -0.39 is 27.4 Å². The first kappa shape index (κ1) is 24.6. The van der Waals surface area contributed by atoms with Crippen LogP contribution in [0.5, 0.6) is 17.2 Å². The average molecular weight is 489 g/mol. The Morgan fingerprint density at radius 1 is 0.882 bits per heavy atom. The van der Waals surface area contributed by atoms with E-state index >= 15 is 0 Å². The Balaban J connectivity index is 1.59. The molecule has 0 aliphatic carbocycles. The number of nitrogens with one attached hydrogen (secondary N) is 2. The van der Waals surface area contributed by atoms with Crippen LogP contribution in [0.4, 0.5) is 0 Å². The zero-order valence-electron chi connectivity index (χ0n) is 18.8. The molecule has 0 bridgehead atoms. The van der Waals surface area contributed by atoms with E-state index in [1.807, 2.05) is 0 Å². The monoisotopic (exact) mass is 488 g/mol. The second-order valence-corrected chi connectivity index (χ2v) is 9.04. The quantitative estimate of drug-likeness (QED) is 0.438. The van der Waals surface area contributed by atoms with E-state index in [0.717, 1.165) is 0 Å². The summed E-state index contributed by atoms with van der Waals surface area (Å²) < 4.78 is 46.0. The van der Waals surface area contributed by atoms with Crippen molar-refractivity contribution in [1.82, 2.24) is 10.9 Å². The molecule has 0 saturated carbocycles. The molecule has 2 amide bonds. The van der Waals surface area contributed by atoms with Gasteiger partial charge in [-0.2, -0.15) is 0 Å².